The lowest BCUT2D eigenvalue weighted by Crippen LogP contribution is -2.43. The zero-order valence-electron chi connectivity index (χ0n) is 23.2. The van der Waals surface area contributed by atoms with Crippen molar-refractivity contribution in [3.8, 4) is 11.4 Å². The fourth-order valence-electron chi connectivity index (χ4n) is 4.53. The van der Waals surface area contributed by atoms with Gasteiger partial charge in [0.25, 0.3) is 11.8 Å². The third-order valence-corrected chi connectivity index (χ3v) is 6.90. The van der Waals surface area contributed by atoms with E-state index in [-0.39, 0.29) is 17.5 Å². The summed E-state index contributed by atoms with van der Waals surface area (Å²) in [6, 6.07) is 17.6. The topological polar surface area (TPSA) is 150 Å². The van der Waals surface area contributed by atoms with Crippen LogP contribution in [-0.2, 0) is 26.9 Å². The lowest BCUT2D eigenvalue weighted by atomic mass is 10.1. The molecule has 0 bridgehead atoms. The second-order valence-electron chi connectivity index (χ2n) is 9.67. The van der Waals surface area contributed by atoms with E-state index in [1.54, 1.807) is 11.9 Å². The number of aryl methyl sites for hydroxylation is 2. The summed E-state index contributed by atoms with van der Waals surface area (Å²) in [4.78, 5) is 35.6. The van der Waals surface area contributed by atoms with Gasteiger partial charge in [0.2, 0.25) is 11.7 Å². The molecule has 4 heterocycles. The molecular formula is C29H33N9O3. The molecule has 12 nitrogen and oxygen atoms in total. The molecule has 0 radical (unpaired) electrons. The molecule has 0 unspecified atom stereocenters. The molecule has 2 aromatic carbocycles. The first-order valence-corrected chi connectivity index (χ1v) is 13.5. The number of fused-ring (bicyclic) bond motifs is 1. The molecule has 1 fully saturated rings. The fourth-order valence-corrected chi connectivity index (χ4v) is 4.53. The maximum Gasteiger partial charge on any atom is 0.270 e. The minimum atomic E-state index is -0.355. The molecular weight excluding hydrogens is 522 g/mol. The van der Waals surface area contributed by atoms with Crippen molar-refractivity contribution in [1.82, 2.24) is 39.7 Å². The fraction of sp³-hybridized carbons (Fsp3) is 0.310. The number of carbonyl (C=O) groups excluding carboxylic acids is 2. The Bertz CT molecular complexity index is 1630. The van der Waals surface area contributed by atoms with Crippen molar-refractivity contribution < 1.29 is 14.1 Å². The number of imidazole rings is 1. The van der Waals surface area contributed by atoms with E-state index in [2.05, 4.69) is 36.2 Å². The molecule has 3 aromatic heterocycles. The van der Waals surface area contributed by atoms with Crippen LogP contribution >= 0.6 is 0 Å². The molecule has 0 spiro atoms. The van der Waals surface area contributed by atoms with E-state index >= 15 is 0 Å². The second kappa shape index (κ2) is 12.6. The van der Waals surface area contributed by atoms with Gasteiger partial charge in [-0.05, 0) is 25.1 Å². The van der Waals surface area contributed by atoms with E-state index < -0.39 is 0 Å². The van der Waals surface area contributed by atoms with Crippen LogP contribution < -0.4 is 11.1 Å². The molecule has 1 aliphatic rings. The van der Waals surface area contributed by atoms with Gasteiger partial charge in [0, 0.05) is 52.1 Å². The van der Waals surface area contributed by atoms with E-state index in [1.807, 2.05) is 55.6 Å². The molecule has 0 aliphatic carbocycles. The van der Waals surface area contributed by atoms with Gasteiger partial charge in [0.05, 0.1) is 22.8 Å². The Balaban J connectivity index is 0.000000216. The number of nitrogens with two attached hydrogens (primary N) is 1. The van der Waals surface area contributed by atoms with Crippen molar-refractivity contribution in [3.05, 3.63) is 83.8 Å². The number of aromatic nitrogens is 6. The number of likely N-dealkylation sites (tertiary alicyclic amines) is 1. The van der Waals surface area contributed by atoms with Crippen molar-refractivity contribution in [3.63, 3.8) is 0 Å². The van der Waals surface area contributed by atoms with Crippen LogP contribution in [0.2, 0.25) is 0 Å². The zero-order chi connectivity index (χ0) is 28.8. The Morgan fingerprint density at radius 1 is 1.00 bits per heavy atom. The highest BCUT2D eigenvalue weighted by Crippen LogP contribution is 2.17. The van der Waals surface area contributed by atoms with Crippen LogP contribution in [0.3, 0.4) is 0 Å². The first-order valence-electron chi connectivity index (χ1n) is 13.5. The van der Waals surface area contributed by atoms with Crippen molar-refractivity contribution in [2.75, 3.05) is 26.2 Å². The Morgan fingerprint density at radius 2 is 1.76 bits per heavy atom. The molecule has 6 rings (SSSR count). The normalized spacial score (nSPS) is 12.5. The molecule has 0 saturated carbocycles. The highest BCUT2D eigenvalue weighted by atomic mass is 16.5. The van der Waals surface area contributed by atoms with Crippen molar-refractivity contribution in [2.24, 2.45) is 19.8 Å². The maximum absolute atomic E-state index is 12.6. The summed E-state index contributed by atoms with van der Waals surface area (Å²) in [7, 11) is 3.67. The van der Waals surface area contributed by atoms with E-state index in [1.165, 1.54) is 16.4 Å². The third kappa shape index (κ3) is 6.17. The summed E-state index contributed by atoms with van der Waals surface area (Å²) < 4.78 is 8.76. The molecule has 3 N–H and O–H groups in total. The average molecular weight is 556 g/mol. The minimum absolute atomic E-state index is 0.158. The highest BCUT2D eigenvalue weighted by Gasteiger charge is 2.28. The monoisotopic (exact) mass is 555 g/mol. The number of hydrogen-bond acceptors (Lipinski definition) is 8. The van der Waals surface area contributed by atoms with Crippen LogP contribution in [0.1, 0.15) is 39.0 Å². The third-order valence-electron chi connectivity index (χ3n) is 6.90. The Labute approximate surface area is 237 Å². The van der Waals surface area contributed by atoms with Crippen LogP contribution in [0, 0.1) is 0 Å². The largest absolute Gasteiger partial charge is 0.350 e. The second-order valence-corrected chi connectivity index (χ2v) is 9.67. The Kier molecular flexibility index (Phi) is 8.49. The van der Waals surface area contributed by atoms with Gasteiger partial charge < -0.3 is 25.0 Å². The first kappa shape index (κ1) is 27.7. The minimum Gasteiger partial charge on any atom is -0.350 e. The van der Waals surface area contributed by atoms with Gasteiger partial charge in [0.15, 0.2) is 0 Å². The molecule has 5 aromatic rings. The van der Waals surface area contributed by atoms with Crippen molar-refractivity contribution in [2.45, 2.75) is 19.3 Å². The van der Waals surface area contributed by atoms with Gasteiger partial charge in [0.1, 0.15) is 11.5 Å². The summed E-state index contributed by atoms with van der Waals surface area (Å²) in [5, 5.41) is 10.8. The molecule has 212 valence electrons. The number of hydrogen-bond donors (Lipinski definition) is 2. The number of amides is 2. The number of nitrogens with zero attached hydrogens (tertiary/aromatic N) is 7. The summed E-state index contributed by atoms with van der Waals surface area (Å²) >= 11 is 0. The molecule has 12 heteroatoms. The summed E-state index contributed by atoms with van der Waals surface area (Å²) in [6.45, 7) is 2.39. The number of benzene rings is 2. The van der Waals surface area contributed by atoms with E-state index in [9.17, 15) is 9.59 Å². The first-order chi connectivity index (χ1) is 20.0. The predicted octanol–water partition coefficient (Wildman–Crippen LogP) is 2.36. The molecule has 2 amide bonds. The standard InChI is InChI=1S/C19H20N6O3.C10H13N3/c1-24-16(14(12-21-24)19(27)25-10-5-11-25)18(26)20-9-8-15-22-17(23-28-15)13-6-3-2-4-7-13;1-13-9-5-3-2-4-8(9)12-10(13)6-7-11/h2-4,6-7,12H,5,8-11H2,1H3,(H,20,26);2-5H,6-7,11H2,1H3. The van der Waals surface area contributed by atoms with Gasteiger partial charge in [-0.3, -0.25) is 14.3 Å². The number of nitrogens with one attached hydrogen (secondary N) is 1. The number of rotatable bonds is 8. The van der Waals surface area contributed by atoms with E-state index in [4.69, 9.17) is 10.3 Å². The number of carbonyl (C=O) groups is 2. The van der Waals surface area contributed by atoms with E-state index in [0.717, 1.165) is 42.8 Å². The predicted molar refractivity (Wildman–Crippen MR) is 153 cm³/mol. The smallest absolute Gasteiger partial charge is 0.270 e. The van der Waals surface area contributed by atoms with Gasteiger partial charge in [-0.15, -0.1) is 0 Å². The van der Waals surface area contributed by atoms with Crippen LogP contribution in [0.5, 0.6) is 0 Å². The molecule has 1 aliphatic heterocycles. The Morgan fingerprint density at radius 3 is 2.46 bits per heavy atom. The average Bonchev–Trinajstić information content (AvgIpc) is 3.67. The van der Waals surface area contributed by atoms with Crippen LogP contribution in [-0.4, -0.2) is 72.4 Å². The van der Waals surface area contributed by atoms with Crippen molar-refractivity contribution >= 4 is 22.8 Å². The summed E-state index contributed by atoms with van der Waals surface area (Å²) in [5.41, 5.74) is 9.17. The van der Waals surface area contributed by atoms with Crippen molar-refractivity contribution in [1.29, 1.82) is 0 Å². The molecule has 0 atom stereocenters. The SMILES string of the molecule is Cn1c(CCN)nc2ccccc21.Cn1ncc(C(=O)N2CCC2)c1C(=O)NCCc1nc(-c2ccccc2)no1. The lowest BCUT2D eigenvalue weighted by molar-refractivity contribution is 0.0647. The van der Waals surface area contributed by atoms with Crippen LogP contribution in [0.4, 0.5) is 0 Å². The van der Waals surface area contributed by atoms with Crippen LogP contribution in [0.15, 0.2) is 65.3 Å². The highest BCUT2D eigenvalue weighted by molar-refractivity contribution is 6.06. The van der Waals surface area contributed by atoms with Gasteiger partial charge in [-0.1, -0.05) is 47.6 Å². The lowest BCUT2D eigenvalue weighted by Gasteiger charge is -2.30. The Hall–Kier alpha value is -4.84. The molecule has 41 heavy (non-hydrogen) atoms. The van der Waals surface area contributed by atoms with Crippen LogP contribution in [0.25, 0.3) is 22.4 Å². The number of para-hydroxylation sites is 2. The summed E-state index contributed by atoms with van der Waals surface area (Å²) in [5.74, 6) is 1.49. The van der Waals surface area contributed by atoms with E-state index in [0.29, 0.717) is 36.8 Å². The quantitative estimate of drug-likeness (QED) is 0.296. The molecule has 1 saturated heterocycles. The maximum atomic E-state index is 12.6. The van der Waals surface area contributed by atoms with Gasteiger partial charge >= 0.3 is 0 Å². The van der Waals surface area contributed by atoms with Gasteiger partial charge in [-0.25, -0.2) is 4.98 Å². The zero-order valence-corrected chi connectivity index (χ0v) is 23.2. The van der Waals surface area contributed by atoms with Gasteiger partial charge in [-0.2, -0.15) is 10.1 Å². The summed E-state index contributed by atoms with van der Waals surface area (Å²) in [6.07, 6.45) is 3.66.